The van der Waals surface area contributed by atoms with E-state index in [0.717, 1.165) is 35.2 Å². The molecule has 12 heteroatoms. The molecule has 0 radical (unpaired) electrons. The number of aromatic nitrogens is 2. The van der Waals surface area contributed by atoms with E-state index in [2.05, 4.69) is 10.4 Å². The summed E-state index contributed by atoms with van der Waals surface area (Å²) in [6.07, 6.45) is -3.79. The number of nitrogens with one attached hydrogen (secondary N) is 1. The van der Waals surface area contributed by atoms with Crippen molar-refractivity contribution >= 4 is 15.7 Å². The first-order valence-corrected chi connectivity index (χ1v) is 12.0. The van der Waals surface area contributed by atoms with Gasteiger partial charge in [0, 0.05) is 11.8 Å². The fourth-order valence-corrected chi connectivity index (χ4v) is 4.03. The highest BCUT2D eigenvalue weighted by atomic mass is 32.2. The maximum atomic E-state index is 14.3. The smallest absolute Gasteiger partial charge is 0.350 e. The predicted molar refractivity (Wildman–Crippen MR) is 114 cm³/mol. The standard InChI is InChI=1S/C22H20F5N3O3S/c1-13(14-6-7-15(19(24)8-14)12-34(2,32)33)21(31)28-11-18-10-20(22(25,26)27)29-30(18)17-5-3-4-16(23)9-17/h3-10,13H,11-12H2,1-2H3,(H,28,31). The molecule has 0 aliphatic rings. The summed E-state index contributed by atoms with van der Waals surface area (Å²) in [6.45, 7) is 1.10. The molecule has 0 saturated heterocycles. The van der Waals surface area contributed by atoms with E-state index in [1.807, 2.05) is 0 Å². The van der Waals surface area contributed by atoms with E-state index in [0.29, 0.717) is 0 Å². The van der Waals surface area contributed by atoms with E-state index in [9.17, 15) is 35.2 Å². The highest BCUT2D eigenvalue weighted by Gasteiger charge is 2.35. The Morgan fingerprint density at radius 3 is 2.41 bits per heavy atom. The van der Waals surface area contributed by atoms with Crippen LogP contribution in [0.15, 0.2) is 48.5 Å². The molecular weight excluding hydrogens is 481 g/mol. The lowest BCUT2D eigenvalue weighted by atomic mass is 9.99. The minimum Gasteiger partial charge on any atom is -0.350 e. The van der Waals surface area contributed by atoms with Gasteiger partial charge in [-0.3, -0.25) is 4.79 Å². The Morgan fingerprint density at radius 2 is 1.82 bits per heavy atom. The van der Waals surface area contributed by atoms with Crippen LogP contribution >= 0.6 is 0 Å². The molecule has 1 atom stereocenters. The number of nitrogens with zero attached hydrogens (tertiary/aromatic N) is 2. The van der Waals surface area contributed by atoms with Gasteiger partial charge in [-0.05, 0) is 42.8 Å². The van der Waals surface area contributed by atoms with Crippen molar-refractivity contribution in [2.24, 2.45) is 0 Å². The third-order valence-corrected chi connectivity index (χ3v) is 5.79. The molecular formula is C22H20F5N3O3S. The van der Waals surface area contributed by atoms with Crippen molar-refractivity contribution in [1.29, 1.82) is 0 Å². The van der Waals surface area contributed by atoms with Gasteiger partial charge in [0.15, 0.2) is 15.5 Å². The van der Waals surface area contributed by atoms with Crippen LogP contribution in [0.3, 0.4) is 0 Å². The topological polar surface area (TPSA) is 81.1 Å². The molecule has 3 rings (SSSR count). The van der Waals surface area contributed by atoms with Crippen LogP contribution in [0.5, 0.6) is 0 Å². The van der Waals surface area contributed by atoms with Crippen LogP contribution in [0.1, 0.15) is 35.4 Å². The summed E-state index contributed by atoms with van der Waals surface area (Å²) < 4.78 is 91.1. The first-order valence-electron chi connectivity index (χ1n) is 9.90. The molecule has 0 fully saturated rings. The van der Waals surface area contributed by atoms with Gasteiger partial charge < -0.3 is 5.32 Å². The van der Waals surface area contributed by atoms with E-state index < -0.39 is 50.9 Å². The molecule has 0 aliphatic heterocycles. The summed E-state index contributed by atoms with van der Waals surface area (Å²) in [4.78, 5) is 12.6. The van der Waals surface area contributed by atoms with Gasteiger partial charge in [-0.25, -0.2) is 21.9 Å². The lowest BCUT2D eigenvalue weighted by molar-refractivity contribution is -0.141. The van der Waals surface area contributed by atoms with E-state index in [4.69, 9.17) is 0 Å². The molecule has 1 unspecified atom stereocenters. The Bertz CT molecular complexity index is 1320. The normalized spacial score (nSPS) is 13.0. The van der Waals surface area contributed by atoms with E-state index in [1.165, 1.54) is 31.2 Å². The van der Waals surface area contributed by atoms with Crippen molar-refractivity contribution in [3.8, 4) is 5.69 Å². The fourth-order valence-electron chi connectivity index (χ4n) is 3.23. The molecule has 2 aromatic carbocycles. The third kappa shape index (κ3) is 6.19. The Hall–Kier alpha value is -3.28. The largest absolute Gasteiger partial charge is 0.435 e. The maximum Gasteiger partial charge on any atom is 0.435 e. The monoisotopic (exact) mass is 501 g/mol. The highest BCUT2D eigenvalue weighted by molar-refractivity contribution is 7.89. The van der Waals surface area contributed by atoms with Crippen molar-refractivity contribution in [2.45, 2.75) is 31.3 Å². The Balaban J connectivity index is 1.80. The van der Waals surface area contributed by atoms with Gasteiger partial charge in [0.05, 0.1) is 29.6 Å². The zero-order valence-corrected chi connectivity index (χ0v) is 18.8. The number of amides is 1. The average molecular weight is 501 g/mol. The second-order valence-electron chi connectivity index (χ2n) is 7.77. The molecule has 6 nitrogen and oxygen atoms in total. The number of carbonyl (C=O) groups is 1. The average Bonchev–Trinajstić information content (AvgIpc) is 3.17. The van der Waals surface area contributed by atoms with Crippen LogP contribution in [0.2, 0.25) is 0 Å². The third-order valence-electron chi connectivity index (χ3n) is 4.96. The number of rotatable bonds is 7. The molecule has 0 spiro atoms. The molecule has 3 aromatic rings. The number of halogens is 5. The summed E-state index contributed by atoms with van der Waals surface area (Å²) in [5.74, 6) is -3.47. The van der Waals surface area contributed by atoms with Crippen molar-refractivity contribution in [3.63, 3.8) is 0 Å². The molecule has 34 heavy (non-hydrogen) atoms. The minimum atomic E-state index is -4.75. The number of hydrogen-bond donors (Lipinski definition) is 1. The molecule has 1 heterocycles. The summed E-state index contributed by atoms with van der Waals surface area (Å²) in [5, 5.41) is 5.98. The summed E-state index contributed by atoms with van der Waals surface area (Å²) in [5.41, 5.74) is -1.01. The van der Waals surface area contributed by atoms with Crippen LogP contribution in [0.4, 0.5) is 22.0 Å². The molecule has 182 valence electrons. The van der Waals surface area contributed by atoms with Crippen molar-refractivity contribution < 1.29 is 35.2 Å². The van der Waals surface area contributed by atoms with Gasteiger partial charge in [-0.1, -0.05) is 18.2 Å². The number of alkyl halides is 3. The fraction of sp³-hybridized carbons (Fsp3) is 0.273. The zero-order chi connectivity index (χ0) is 25.3. The molecule has 1 N–H and O–H groups in total. The number of hydrogen-bond acceptors (Lipinski definition) is 4. The van der Waals surface area contributed by atoms with Crippen molar-refractivity contribution in [3.05, 3.63) is 82.7 Å². The highest BCUT2D eigenvalue weighted by Crippen LogP contribution is 2.30. The van der Waals surface area contributed by atoms with E-state index >= 15 is 0 Å². The molecule has 1 amide bonds. The van der Waals surface area contributed by atoms with Gasteiger partial charge in [0.25, 0.3) is 0 Å². The van der Waals surface area contributed by atoms with Crippen LogP contribution in [-0.4, -0.2) is 30.4 Å². The second kappa shape index (κ2) is 9.53. The predicted octanol–water partition coefficient (Wildman–Crippen LogP) is 4.13. The van der Waals surface area contributed by atoms with Gasteiger partial charge in [0.1, 0.15) is 11.6 Å². The zero-order valence-electron chi connectivity index (χ0n) is 18.0. The second-order valence-corrected chi connectivity index (χ2v) is 9.91. The maximum absolute atomic E-state index is 14.3. The lowest BCUT2D eigenvalue weighted by Gasteiger charge is -2.14. The van der Waals surface area contributed by atoms with Gasteiger partial charge in [-0.15, -0.1) is 0 Å². The van der Waals surface area contributed by atoms with E-state index in [1.54, 1.807) is 0 Å². The van der Waals surface area contributed by atoms with Crippen LogP contribution < -0.4 is 5.32 Å². The summed E-state index contributed by atoms with van der Waals surface area (Å²) in [6, 6.07) is 9.27. The van der Waals surface area contributed by atoms with E-state index in [-0.39, 0.29) is 29.1 Å². The van der Waals surface area contributed by atoms with Crippen LogP contribution in [0.25, 0.3) is 5.69 Å². The van der Waals surface area contributed by atoms with Crippen molar-refractivity contribution in [2.75, 3.05) is 6.26 Å². The number of benzene rings is 2. The Kier molecular flexibility index (Phi) is 7.10. The minimum absolute atomic E-state index is 0.0383. The SMILES string of the molecule is CC(C(=O)NCc1cc(C(F)(F)F)nn1-c1cccc(F)c1)c1ccc(CS(C)(=O)=O)c(F)c1. The molecule has 0 aliphatic carbocycles. The molecule has 0 saturated carbocycles. The first-order chi connectivity index (χ1) is 15.7. The van der Waals surface area contributed by atoms with Crippen LogP contribution in [0, 0.1) is 11.6 Å². The Morgan fingerprint density at radius 1 is 1.12 bits per heavy atom. The summed E-state index contributed by atoms with van der Waals surface area (Å²) >= 11 is 0. The van der Waals surface area contributed by atoms with Crippen LogP contribution in [-0.2, 0) is 33.1 Å². The molecule has 1 aromatic heterocycles. The quantitative estimate of drug-likeness (QED) is 0.494. The van der Waals surface area contributed by atoms with Gasteiger partial charge in [0.2, 0.25) is 5.91 Å². The lowest BCUT2D eigenvalue weighted by Crippen LogP contribution is -2.28. The Labute approximate surface area is 192 Å². The molecule has 0 bridgehead atoms. The van der Waals surface area contributed by atoms with Crippen molar-refractivity contribution in [1.82, 2.24) is 15.1 Å². The van der Waals surface area contributed by atoms with Gasteiger partial charge >= 0.3 is 6.18 Å². The first kappa shape index (κ1) is 25.3. The number of carbonyl (C=O) groups excluding carboxylic acids is 1. The summed E-state index contributed by atoms with van der Waals surface area (Å²) in [7, 11) is -3.46. The van der Waals surface area contributed by atoms with Gasteiger partial charge in [-0.2, -0.15) is 18.3 Å². The number of sulfone groups is 1.